The van der Waals surface area contributed by atoms with Gasteiger partial charge in [-0.25, -0.2) is 12.7 Å². The minimum atomic E-state index is -3.11. The van der Waals surface area contributed by atoms with E-state index in [1.165, 1.54) is 9.87 Å². The molecule has 8 nitrogen and oxygen atoms in total. The van der Waals surface area contributed by atoms with E-state index in [-0.39, 0.29) is 29.7 Å². The van der Waals surface area contributed by atoms with Gasteiger partial charge in [-0.05, 0) is 32.3 Å². The normalized spacial score (nSPS) is 18.0. The van der Waals surface area contributed by atoms with E-state index in [2.05, 4.69) is 28.4 Å². The molecule has 1 unspecified atom stereocenters. The van der Waals surface area contributed by atoms with Gasteiger partial charge in [-0.1, -0.05) is 0 Å². The Labute approximate surface area is 180 Å². The summed E-state index contributed by atoms with van der Waals surface area (Å²) in [5.41, 5.74) is 1.28. The molecule has 0 aromatic carbocycles. The maximum Gasteiger partial charge on any atom is 0.213 e. The first-order valence-electron chi connectivity index (χ1n) is 9.33. The molecule has 1 N–H and O–H groups in total. The first-order valence-corrected chi connectivity index (χ1v) is 10.9. The molecule has 2 heterocycles. The zero-order chi connectivity index (χ0) is 19.2. The highest BCUT2D eigenvalue weighted by molar-refractivity contribution is 14.0. The minimum Gasteiger partial charge on any atom is -0.357 e. The number of rotatable bonds is 8. The summed E-state index contributed by atoms with van der Waals surface area (Å²) in [6.45, 7) is 7.55. The van der Waals surface area contributed by atoms with E-state index in [1.807, 2.05) is 17.9 Å². The lowest BCUT2D eigenvalue weighted by Gasteiger charge is -2.22. The van der Waals surface area contributed by atoms with Crippen molar-refractivity contribution in [3.8, 4) is 0 Å². The van der Waals surface area contributed by atoms with Gasteiger partial charge in [-0.3, -0.25) is 9.67 Å². The molecule has 156 valence electrons. The second-order valence-corrected chi connectivity index (χ2v) is 9.05. The van der Waals surface area contributed by atoms with E-state index in [0.717, 1.165) is 32.0 Å². The maximum atomic E-state index is 11.8. The molecule has 10 heteroatoms. The lowest BCUT2D eigenvalue weighted by atomic mass is 10.0. The lowest BCUT2D eigenvalue weighted by molar-refractivity contribution is 0.460. The SMILES string of the molecule is CCNC(=NCCCN(C)S(=O)(=O)CC)N1CCC(c2cnn(C)c2)C1.I. The Bertz CT molecular complexity index is 706. The molecule has 1 saturated heterocycles. The third-order valence-electron chi connectivity index (χ3n) is 4.75. The average Bonchev–Trinajstić information content (AvgIpc) is 3.26. The van der Waals surface area contributed by atoms with Crippen LogP contribution in [0, 0.1) is 0 Å². The van der Waals surface area contributed by atoms with E-state index in [0.29, 0.717) is 25.4 Å². The fraction of sp³-hybridized carbons (Fsp3) is 0.765. The third kappa shape index (κ3) is 6.90. The number of sulfonamides is 1. The number of halogens is 1. The van der Waals surface area contributed by atoms with Gasteiger partial charge in [0.2, 0.25) is 10.0 Å². The largest absolute Gasteiger partial charge is 0.357 e. The van der Waals surface area contributed by atoms with Crippen molar-refractivity contribution in [2.75, 3.05) is 45.5 Å². The van der Waals surface area contributed by atoms with Gasteiger partial charge in [0.1, 0.15) is 0 Å². The molecule has 1 aliphatic heterocycles. The number of aromatic nitrogens is 2. The Morgan fingerprint density at radius 1 is 1.44 bits per heavy atom. The van der Waals surface area contributed by atoms with Gasteiger partial charge in [0, 0.05) is 58.9 Å². The van der Waals surface area contributed by atoms with Crippen LogP contribution in [-0.4, -0.2) is 78.9 Å². The van der Waals surface area contributed by atoms with E-state index >= 15 is 0 Å². The number of nitrogens with one attached hydrogen (secondary N) is 1. The minimum absolute atomic E-state index is 0. The molecule has 0 bridgehead atoms. The summed E-state index contributed by atoms with van der Waals surface area (Å²) in [6.07, 6.45) is 5.84. The monoisotopic (exact) mass is 512 g/mol. The summed E-state index contributed by atoms with van der Waals surface area (Å²) in [5, 5.41) is 7.62. The molecule has 27 heavy (non-hydrogen) atoms. The fourth-order valence-corrected chi connectivity index (χ4v) is 3.99. The molecule has 1 aromatic rings. The molecule has 1 fully saturated rings. The molecular weight excluding hydrogens is 479 g/mol. The molecular formula is C17H33IN6O2S. The fourth-order valence-electron chi connectivity index (χ4n) is 3.14. The Morgan fingerprint density at radius 3 is 2.78 bits per heavy atom. The van der Waals surface area contributed by atoms with Gasteiger partial charge in [0.15, 0.2) is 5.96 Å². The summed E-state index contributed by atoms with van der Waals surface area (Å²) in [4.78, 5) is 6.98. The van der Waals surface area contributed by atoms with Crippen LogP contribution in [0.25, 0.3) is 0 Å². The molecule has 1 aromatic heterocycles. The van der Waals surface area contributed by atoms with Crippen LogP contribution in [-0.2, 0) is 17.1 Å². The predicted octanol–water partition coefficient (Wildman–Crippen LogP) is 1.46. The van der Waals surface area contributed by atoms with Gasteiger partial charge in [0.25, 0.3) is 0 Å². The Balaban J connectivity index is 0.00000364. The third-order valence-corrected chi connectivity index (χ3v) is 6.61. The van der Waals surface area contributed by atoms with Crippen LogP contribution in [0.15, 0.2) is 17.4 Å². The Morgan fingerprint density at radius 2 is 2.19 bits per heavy atom. The van der Waals surface area contributed by atoms with Crippen molar-refractivity contribution in [3.63, 3.8) is 0 Å². The molecule has 0 radical (unpaired) electrons. The van der Waals surface area contributed by atoms with Crippen LogP contribution >= 0.6 is 24.0 Å². The van der Waals surface area contributed by atoms with Gasteiger partial charge in [0.05, 0.1) is 11.9 Å². The highest BCUT2D eigenvalue weighted by Crippen LogP contribution is 2.26. The zero-order valence-corrected chi connectivity index (χ0v) is 19.9. The molecule has 1 atom stereocenters. The van der Waals surface area contributed by atoms with E-state index in [1.54, 1.807) is 14.0 Å². The summed E-state index contributed by atoms with van der Waals surface area (Å²) in [5.74, 6) is 1.53. The number of aryl methyl sites for hydroxylation is 1. The topological polar surface area (TPSA) is 82.8 Å². The molecule has 0 amide bonds. The van der Waals surface area contributed by atoms with Crippen molar-refractivity contribution < 1.29 is 8.42 Å². The quantitative estimate of drug-likeness (QED) is 0.247. The van der Waals surface area contributed by atoms with E-state index < -0.39 is 10.0 Å². The number of aliphatic imine (C=N–C) groups is 1. The first kappa shape index (κ1) is 24.2. The number of likely N-dealkylation sites (tertiary alicyclic amines) is 1. The van der Waals surface area contributed by atoms with Crippen LogP contribution in [0.1, 0.15) is 38.2 Å². The van der Waals surface area contributed by atoms with Crippen LogP contribution < -0.4 is 5.32 Å². The van der Waals surface area contributed by atoms with Crippen molar-refractivity contribution in [1.82, 2.24) is 24.3 Å². The number of guanidine groups is 1. The van der Waals surface area contributed by atoms with Gasteiger partial charge >= 0.3 is 0 Å². The van der Waals surface area contributed by atoms with Crippen molar-refractivity contribution in [3.05, 3.63) is 18.0 Å². The van der Waals surface area contributed by atoms with Crippen LogP contribution in [0.4, 0.5) is 0 Å². The Kier molecular flexibility index (Phi) is 10.0. The van der Waals surface area contributed by atoms with Crippen molar-refractivity contribution in [2.24, 2.45) is 12.0 Å². The highest BCUT2D eigenvalue weighted by atomic mass is 127. The van der Waals surface area contributed by atoms with Gasteiger partial charge in [-0.2, -0.15) is 5.10 Å². The lowest BCUT2D eigenvalue weighted by Crippen LogP contribution is -2.40. The van der Waals surface area contributed by atoms with Gasteiger partial charge in [-0.15, -0.1) is 24.0 Å². The predicted molar refractivity (Wildman–Crippen MR) is 120 cm³/mol. The summed E-state index contributed by atoms with van der Waals surface area (Å²) < 4.78 is 26.8. The van der Waals surface area contributed by atoms with Crippen LogP contribution in [0.5, 0.6) is 0 Å². The van der Waals surface area contributed by atoms with Crippen molar-refractivity contribution >= 4 is 40.0 Å². The molecule has 0 aliphatic carbocycles. The summed E-state index contributed by atoms with van der Waals surface area (Å²) in [7, 11) is 0.464. The molecule has 0 saturated carbocycles. The second-order valence-electron chi connectivity index (χ2n) is 6.69. The smallest absolute Gasteiger partial charge is 0.213 e. The summed E-state index contributed by atoms with van der Waals surface area (Å²) in [6, 6.07) is 0. The molecule has 2 rings (SSSR count). The maximum absolute atomic E-state index is 11.8. The van der Waals surface area contributed by atoms with Crippen molar-refractivity contribution in [2.45, 2.75) is 32.6 Å². The number of hydrogen-bond acceptors (Lipinski definition) is 4. The number of nitrogens with zero attached hydrogens (tertiary/aromatic N) is 5. The average molecular weight is 512 g/mol. The molecule has 1 aliphatic rings. The Hall–Kier alpha value is -0.880. The first-order chi connectivity index (χ1) is 12.4. The van der Waals surface area contributed by atoms with Crippen molar-refractivity contribution in [1.29, 1.82) is 0 Å². The van der Waals surface area contributed by atoms with E-state index in [4.69, 9.17) is 4.99 Å². The standard InChI is InChI=1S/C17H32N6O2S.HI/c1-5-18-17(19-9-7-10-22(4)26(24,25)6-2)23-11-8-15(14-23)16-12-20-21(3)13-16;/h12-13,15H,5-11,14H2,1-4H3,(H,18,19);1H. The van der Waals surface area contributed by atoms with E-state index in [9.17, 15) is 8.42 Å². The summed E-state index contributed by atoms with van der Waals surface area (Å²) >= 11 is 0. The van der Waals surface area contributed by atoms with Crippen LogP contribution in [0.2, 0.25) is 0 Å². The second kappa shape index (κ2) is 11.2. The highest BCUT2D eigenvalue weighted by Gasteiger charge is 2.26. The van der Waals surface area contributed by atoms with Gasteiger partial charge < -0.3 is 10.2 Å². The molecule has 0 spiro atoms. The number of hydrogen-bond donors (Lipinski definition) is 1. The van der Waals surface area contributed by atoms with Crippen LogP contribution in [0.3, 0.4) is 0 Å². The zero-order valence-electron chi connectivity index (χ0n) is 16.8.